The molecule has 0 aromatic heterocycles. The number of amides is 4. The van der Waals surface area contributed by atoms with Crippen LogP contribution in [-0.2, 0) is 20.5 Å². The third-order valence-corrected chi connectivity index (χ3v) is 4.37. The molecule has 0 radical (unpaired) electrons. The summed E-state index contributed by atoms with van der Waals surface area (Å²) in [6.07, 6.45) is -1.72. The maximum absolute atomic E-state index is 12.8. The Morgan fingerprint density at radius 1 is 1.34 bits per heavy atom. The van der Waals surface area contributed by atoms with Gasteiger partial charge in [-0.25, -0.2) is 4.79 Å². The van der Waals surface area contributed by atoms with Crippen molar-refractivity contribution >= 4 is 35.6 Å². The fourth-order valence-corrected chi connectivity index (χ4v) is 2.98. The predicted octanol–water partition coefficient (Wildman–Crippen LogP) is 1.88. The molecule has 11 heteroatoms. The van der Waals surface area contributed by atoms with E-state index in [4.69, 9.17) is 4.74 Å². The van der Waals surface area contributed by atoms with Gasteiger partial charge >= 0.3 is 18.1 Å². The molecule has 3 rings (SSSR count). The number of nitrogens with zero attached hydrogens (tertiary/aromatic N) is 3. The number of alkyl halides is 3. The summed E-state index contributed by atoms with van der Waals surface area (Å²) in [6.45, 7) is -0.678. The highest BCUT2D eigenvalue weighted by Crippen LogP contribution is 2.30. The molecule has 29 heavy (non-hydrogen) atoms. The molecule has 0 fully saturated rings. The van der Waals surface area contributed by atoms with E-state index in [2.05, 4.69) is 10.3 Å². The van der Waals surface area contributed by atoms with Crippen molar-refractivity contribution in [3.05, 3.63) is 41.7 Å². The number of rotatable bonds is 4. The number of urea groups is 1. The summed E-state index contributed by atoms with van der Waals surface area (Å²) in [5.41, 5.74) is -1.04. The van der Waals surface area contributed by atoms with Crippen molar-refractivity contribution in [2.75, 3.05) is 26.0 Å². The van der Waals surface area contributed by atoms with Gasteiger partial charge in [0.2, 0.25) is 0 Å². The van der Waals surface area contributed by atoms with Gasteiger partial charge in [0, 0.05) is 11.8 Å². The minimum atomic E-state index is -4.57. The van der Waals surface area contributed by atoms with Crippen molar-refractivity contribution < 1.29 is 36.9 Å². The van der Waals surface area contributed by atoms with Crippen molar-refractivity contribution in [2.45, 2.75) is 6.18 Å². The molecule has 2 heterocycles. The van der Waals surface area contributed by atoms with Crippen LogP contribution in [0.25, 0.3) is 0 Å². The van der Waals surface area contributed by atoms with Crippen LogP contribution < -0.4 is 5.32 Å². The number of nitrogens with one attached hydrogen (secondary N) is 1. The number of dihydropyridines is 1. The summed E-state index contributed by atoms with van der Waals surface area (Å²) >= 11 is 0. The Kier molecular flexibility index (Phi) is 5.23. The van der Waals surface area contributed by atoms with Gasteiger partial charge in [0.25, 0.3) is 11.7 Å². The minimum Gasteiger partial charge on any atom is -0.499 e. The Bertz CT molecular complexity index is 982. The number of methoxy groups -OCH3 is 1. The Balaban J connectivity index is 1.80. The van der Waals surface area contributed by atoms with Crippen molar-refractivity contribution in [3.8, 4) is 0 Å². The van der Waals surface area contributed by atoms with Gasteiger partial charge in [-0.2, -0.15) is 22.6 Å². The van der Waals surface area contributed by atoms with E-state index in [1.165, 1.54) is 32.5 Å². The molecule has 1 aromatic rings. The number of aliphatic imine (C=N–C) groups is 1. The van der Waals surface area contributed by atoms with E-state index in [0.29, 0.717) is 4.90 Å². The zero-order valence-electron chi connectivity index (χ0n) is 15.4. The molecule has 0 saturated carbocycles. The van der Waals surface area contributed by atoms with Gasteiger partial charge in [0.05, 0.1) is 19.7 Å². The van der Waals surface area contributed by atoms with Gasteiger partial charge in [-0.15, -0.1) is 4.99 Å². The van der Waals surface area contributed by atoms with Crippen LogP contribution in [0.5, 0.6) is 0 Å². The SMILES string of the molecule is COC1=CC=NC2=[N+](C)C(=O)N(CC(=O)Nc3cccc(C(F)(F)F)c3)C(=O)C12. The molecule has 0 spiro atoms. The summed E-state index contributed by atoms with van der Waals surface area (Å²) in [4.78, 5) is 42.3. The Morgan fingerprint density at radius 3 is 2.72 bits per heavy atom. The summed E-state index contributed by atoms with van der Waals surface area (Å²) in [5.74, 6) is -2.12. The molecule has 4 amide bonds. The number of hydrogen-bond acceptors (Lipinski definition) is 5. The molecule has 1 unspecified atom stereocenters. The average molecular weight is 409 g/mol. The Hall–Kier alpha value is -3.50. The summed E-state index contributed by atoms with van der Waals surface area (Å²) < 4.78 is 44.7. The van der Waals surface area contributed by atoms with Crippen LogP contribution in [0.15, 0.2) is 41.1 Å². The number of benzene rings is 1. The highest BCUT2D eigenvalue weighted by atomic mass is 19.4. The highest BCUT2D eigenvalue weighted by Gasteiger charge is 2.50. The standard InChI is InChI=1S/C18H15F3N4O4/c1-24-15-14(12(29-2)6-7-22-15)16(27)25(17(24)28)9-13(26)23-11-5-3-4-10(8-11)18(19,20)21/h3-8,14H,9H2,1-2H3/p+1. The number of ether oxygens (including phenoxy) is 1. The molecular weight excluding hydrogens is 393 g/mol. The van der Waals surface area contributed by atoms with E-state index in [1.807, 2.05) is 0 Å². The van der Waals surface area contributed by atoms with Crippen LogP contribution in [0.2, 0.25) is 0 Å². The number of hydrogen-bond donors (Lipinski definition) is 1. The number of fused-ring (bicyclic) bond motifs is 1. The van der Waals surface area contributed by atoms with Crippen LogP contribution in [0.3, 0.4) is 0 Å². The van der Waals surface area contributed by atoms with Gasteiger partial charge in [-0.3, -0.25) is 9.59 Å². The van der Waals surface area contributed by atoms with Crippen molar-refractivity contribution in [1.29, 1.82) is 0 Å². The zero-order chi connectivity index (χ0) is 21.3. The molecule has 0 bridgehead atoms. The molecule has 2 aliphatic rings. The largest absolute Gasteiger partial charge is 0.499 e. The lowest BCUT2D eigenvalue weighted by atomic mass is 9.99. The number of imide groups is 1. The van der Waals surface area contributed by atoms with Crippen molar-refractivity contribution in [3.63, 3.8) is 0 Å². The third kappa shape index (κ3) is 3.89. The van der Waals surface area contributed by atoms with E-state index in [1.54, 1.807) is 0 Å². The summed E-state index contributed by atoms with van der Waals surface area (Å²) in [5, 5.41) is 2.27. The lowest BCUT2D eigenvalue weighted by molar-refractivity contribution is -0.408. The number of allylic oxidation sites excluding steroid dienone is 1. The van der Waals surface area contributed by atoms with Gasteiger partial charge in [0.15, 0.2) is 12.5 Å². The predicted molar refractivity (Wildman–Crippen MR) is 95.4 cm³/mol. The maximum atomic E-state index is 12.8. The first-order valence-electron chi connectivity index (χ1n) is 8.34. The zero-order valence-corrected chi connectivity index (χ0v) is 15.4. The number of halogens is 3. The number of anilines is 1. The molecule has 0 saturated heterocycles. The van der Waals surface area contributed by atoms with Gasteiger partial charge in [-0.05, 0) is 18.2 Å². The molecular formula is C18H16F3N4O4+. The monoisotopic (exact) mass is 409 g/mol. The van der Waals surface area contributed by atoms with Crippen LogP contribution in [0.4, 0.5) is 23.7 Å². The Labute approximate surface area is 163 Å². The molecule has 0 aliphatic carbocycles. The second-order valence-corrected chi connectivity index (χ2v) is 6.24. The van der Waals surface area contributed by atoms with Crippen LogP contribution in [0.1, 0.15) is 5.56 Å². The lowest BCUT2D eigenvalue weighted by Gasteiger charge is -2.27. The Morgan fingerprint density at radius 2 is 2.07 bits per heavy atom. The molecule has 2 aliphatic heterocycles. The molecule has 8 nitrogen and oxygen atoms in total. The van der Waals surface area contributed by atoms with Gasteiger partial charge in [-0.1, -0.05) is 6.07 Å². The topological polar surface area (TPSA) is 91.1 Å². The lowest BCUT2D eigenvalue weighted by Crippen LogP contribution is -2.56. The highest BCUT2D eigenvalue weighted by molar-refractivity contribution is 6.16. The fourth-order valence-electron chi connectivity index (χ4n) is 2.98. The number of carbonyl (C=O) groups excluding carboxylic acids is 3. The average Bonchev–Trinajstić information content (AvgIpc) is 2.68. The van der Waals surface area contributed by atoms with E-state index in [9.17, 15) is 27.6 Å². The molecule has 1 N–H and O–H groups in total. The third-order valence-electron chi connectivity index (χ3n) is 4.37. The van der Waals surface area contributed by atoms with Crippen LogP contribution in [-0.4, -0.2) is 60.1 Å². The van der Waals surface area contributed by atoms with Crippen LogP contribution >= 0.6 is 0 Å². The van der Waals surface area contributed by atoms with Crippen molar-refractivity contribution in [2.24, 2.45) is 10.9 Å². The minimum absolute atomic E-state index is 0.109. The molecule has 1 aromatic carbocycles. The van der Waals surface area contributed by atoms with Crippen LogP contribution in [0, 0.1) is 5.92 Å². The van der Waals surface area contributed by atoms with E-state index in [0.717, 1.165) is 22.8 Å². The smallest absolute Gasteiger partial charge is 0.446 e. The number of amidine groups is 1. The van der Waals surface area contributed by atoms with Gasteiger partial charge < -0.3 is 10.1 Å². The first-order valence-corrected chi connectivity index (χ1v) is 8.34. The van der Waals surface area contributed by atoms with E-state index < -0.39 is 42.0 Å². The summed E-state index contributed by atoms with van der Waals surface area (Å²) in [7, 11) is 2.75. The first-order chi connectivity index (χ1) is 13.6. The quantitative estimate of drug-likeness (QED) is 0.769. The number of carbonyl (C=O) groups is 3. The van der Waals surface area contributed by atoms with E-state index >= 15 is 0 Å². The molecule has 1 atom stereocenters. The first kappa shape index (κ1) is 20.2. The fraction of sp³-hybridized carbons (Fsp3) is 0.278. The van der Waals surface area contributed by atoms with Gasteiger partial charge in [0.1, 0.15) is 12.0 Å². The second-order valence-electron chi connectivity index (χ2n) is 6.24. The second kappa shape index (κ2) is 7.49. The molecule has 152 valence electrons. The normalized spacial score (nSPS) is 19.1. The summed E-state index contributed by atoms with van der Waals surface area (Å²) in [6, 6.07) is 3.25. The van der Waals surface area contributed by atoms with E-state index in [-0.39, 0.29) is 17.3 Å². The van der Waals surface area contributed by atoms with Crippen molar-refractivity contribution in [1.82, 2.24) is 4.90 Å². The maximum Gasteiger partial charge on any atom is 0.446 e.